The van der Waals surface area contributed by atoms with Gasteiger partial charge in [-0.3, -0.25) is 4.79 Å². The minimum absolute atomic E-state index is 0.0622. The number of hydrogen-bond acceptors (Lipinski definition) is 3. The zero-order valence-electron chi connectivity index (χ0n) is 8.92. The van der Waals surface area contributed by atoms with Crippen molar-refractivity contribution >= 4 is 22.6 Å². The molecule has 2 nitrogen and oxygen atoms in total. The first-order valence-corrected chi connectivity index (χ1v) is 5.76. The van der Waals surface area contributed by atoms with Gasteiger partial charge in [0, 0.05) is 19.1 Å². The number of nitrogen functional groups attached to an aromatic ring is 1. The molecule has 0 aliphatic rings. The van der Waals surface area contributed by atoms with E-state index in [4.69, 9.17) is 5.73 Å². The first-order valence-electron chi connectivity index (χ1n) is 4.77. The minimum atomic E-state index is -0.410. The molecular weight excluding hydrogens is 225 g/mol. The number of hydrogen-bond donors (Lipinski definition) is 1. The van der Waals surface area contributed by atoms with E-state index in [0.717, 1.165) is 0 Å². The molecule has 0 aliphatic carbocycles. The standard InChI is InChI=1S/C12H12FNOS/c1-9(15)16-8-3-2-5-10-11(13)6-4-7-12(10)14/h4,6-7H,3,8,14H2,1H3. The zero-order chi connectivity index (χ0) is 12.0. The Morgan fingerprint density at radius 2 is 2.31 bits per heavy atom. The quantitative estimate of drug-likeness (QED) is 0.488. The molecule has 0 spiro atoms. The Morgan fingerprint density at radius 3 is 2.94 bits per heavy atom. The van der Waals surface area contributed by atoms with Gasteiger partial charge in [-0.2, -0.15) is 0 Å². The lowest BCUT2D eigenvalue weighted by atomic mass is 10.1. The summed E-state index contributed by atoms with van der Waals surface area (Å²) in [5.74, 6) is 5.69. The van der Waals surface area contributed by atoms with E-state index in [1.165, 1.54) is 24.8 Å². The zero-order valence-corrected chi connectivity index (χ0v) is 9.73. The van der Waals surface area contributed by atoms with Crippen LogP contribution in [0, 0.1) is 17.7 Å². The molecule has 0 aliphatic heterocycles. The fourth-order valence-corrected chi connectivity index (χ4v) is 1.56. The molecule has 0 heterocycles. The molecular formula is C12H12FNOS. The number of benzene rings is 1. The summed E-state index contributed by atoms with van der Waals surface area (Å²) < 4.78 is 13.2. The fourth-order valence-electron chi connectivity index (χ4n) is 1.07. The van der Waals surface area contributed by atoms with E-state index in [1.807, 2.05) is 0 Å². The topological polar surface area (TPSA) is 43.1 Å². The van der Waals surface area contributed by atoms with Crippen molar-refractivity contribution in [3.8, 4) is 11.8 Å². The maximum absolute atomic E-state index is 13.2. The van der Waals surface area contributed by atoms with Gasteiger partial charge in [-0.15, -0.1) is 0 Å². The van der Waals surface area contributed by atoms with Gasteiger partial charge in [0.05, 0.1) is 11.3 Å². The third-order valence-electron chi connectivity index (χ3n) is 1.79. The fraction of sp³-hybridized carbons (Fsp3) is 0.250. The van der Waals surface area contributed by atoms with Gasteiger partial charge in [0.1, 0.15) is 5.82 Å². The Balaban J connectivity index is 2.60. The highest BCUT2D eigenvalue weighted by Gasteiger charge is 2.01. The molecule has 0 fully saturated rings. The van der Waals surface area contributed by atoms with Crippen LogP contribution in [-0.2, 0) is 4.79 Å². The van der Waals surface area contributed by atoms with Crippen LogP contribution in [-0.4, -0.2) is 10.9 Å². The van der Waals surface area contributed by atoms with Crippen LogP contribution < -0.4 is 5.73 Å². The van der Waals surface area contributed by atoms with E-state index in [9.17, 15) is 9.18 Å². The highest BCUT2D eigenvalue weighted by molar-refractivity contribution is 8.13. The third-order valence-corrected chi connectivity index (χ3v) is 2.61. The molecule has 0 aromatic heterocycles. The summed E-state index contributed by atoms with van der Waals surface area (Å²) in [6.45, 7) is 1.51. The molecule has 1 rings (SSSR count). The molecule has 16 heavy (non-hydrogen) atoms. The average molecular weight is 237 g/mol. The molecule has 1 aromatic rings. The highest BCUT2D eigenvalue weighted by Crippen LogP contribution is 2.13. The Kier molecular flexibility index (Phi) is 4.87. The minimum Gasteiger partial charge on any atom is -0.398 e. The van der Waals surface area contributed by atoms with Gasteiger partial charge in [0.25, 0.3) is 0 Å². The average Bonchev–Trinajstić information content (AvgIpc) is 2.21. The summed E-state index contributed by atoms with van der Waals surface area (Å²) in [5.41, 5.74) is 6.15. The maximum atomic E-state index is 13.2. The highest BCUT2D eigenvalue weighted by atomic mass is 32.2. The van der Waals surface area contributed by atoms with Crippen molar-refractivity contribution in [1.82, 2.24) is 0 Å². The SMILES string of the molecule is CC(=O)SCCC#Cc1c(N)cccc1F. The van der Waals surface area contributed by atoms with E-state index < -0.39 is 5.82 Å². The van der Waals surface area contributed by atoms with E-state index in [0.29, 0.717) is 17.9 Å². The normalized spacial score (nSPS) is 9.38. The van der Waals surface area contributed by atoms with Gasteiger partial charge < -0.3 is 5.73 Å². The molecule has 0 bridgehead atoms. The van der Waals surface area contributed by atoms with Crippen LogP contribution in [0.4, 0.5) is 10.1 Å². The largest absolute Gasteiger partial charge is 0.398 e. The Labute approximate surface area is 98.4 Å². The van der Waals surface area contributed by atoms with Crippen molar-refractivity contribution in [3.05, 3.63) is 29.6 Å². The number of carbonyl (C=O) groups is 1. The van der Waals surface area contributed by atoms with Crippen LogP contribution in [0.15, 0.2) is 18.2 Å². The van der Waals surface area contributed by atoms with Crippen molar-refractivity contribution in [1.29, 1.82) is 0 Å². The number of nitrogens with two attached hydrogens (primary N) is 1. The lowest BCUT2D eigenvalue weighted by Gasteiger charge is -1.98. The van der Waals surface area contributed by atoms with Crippen LogP contribution in [0.3, 0.4) is 0 Å². The Hall–Kier alpha value is -1.47. The van der Waals surface area contributed by atoms with Gasteiger partial charge in [-0.1, -0.05) is 29.7 Å². The lowest BCUT2D eigenvalue weighted by molar-refractivity contribution is -0.109. The van der Waals surface area contributed by atoms with Gasteiger partial charge in [0.2, 0.25) is 0 Å². The van der Waals surface area contributed by atoms with Crippen LogP contribution >= 0.6 is 11.8 Å². The van der Waals surface area contributed by atoms with E-state index >= 15 is 0 Å². The molecule has 84 valence electrons. The maximum Gasteiger partial charge on any atom is 0.185 e. The molecule has 1 aromatic carbocycles. The second kappa shape index (κ2) is 6.19. The van der Waals surface area contributed by atoms with Crippen molar-refractivity contribution < 1.29 is 9.18 Å². The monoisotopic (exact) mass is 237 g/mol. The molecule has 0 amide bonds. The summed E-state index contributed by atoms with van der Waals surface area (Å²) in [6.07, 6.45) is 0.540. The summed E-state index contributed by atoms with van der Waals surface area (Å²) in [5, 5.41) is 0.0622. The predicted octanol–water partition coefficient (Wildman–Crippen LogP) is 2.43. The number of rotatable bonds is 2. The van der Waals surface area contributed by atoms with Crippen LogP contribution in [0.25, 0.3) is 0 Å². The number of carbonyl (C=O) groups excluding carboxylic acids is 1. The van der Waals surface area contributed by atoms with Gasteiger partial charge >= 0.3 is 0 Å². The predicted molar refractivity (Wildman–Crippen MR) is 65.4 cm³/mol. The van der Waals surface area contributed by atoms with Gasteiger partial charge in [0.15, 0.2) is 5.12 Å². The molecule has 2 N–H and O–H groups in total. The third kappa shape index (κ3) is 3.95. The summed E-state index contributed by atoms with van der Waals surface area (Å²) in [6, 6.07) is 4.48. The van der Waals surface area contributed by atoms with Crippen molar-refractivity contribution in [2.24, 2.45) is 0 Å². The van der Waals surface area contributed by atoms with Crippen LogP contribution in [0.2, 0.25) is 0 Å². The smallest absolute Gasteiger partial charge is 0.185 e. The molecule has 0 atom stereocenters. The molecule has 0 unspecified atom stereocenters. The van der Waals surface area contributed by atoms with Crippen molar-refractivity contribution in [2.45, 2.75) is 13.3 Å². The molecule has 0 saturated heterocycles. The number of thioether (sulfide) groups is 1. The van der Waals surface area contributed by atoms with Crippen molar-refractivity contribution in [2.75, 3.05) is 11.5 Å². The summed E-state index contributed by atoms with van der Waals surface area (Å²) in [4.78, 5) is 10.6. The Bertz CT molecular complexity index is 428. The lowest BCUT2D eigenvalue weighted by Crippen LogP contribution is -1.93. The van der Waals surface area contributed by atoms with E-state index in [2.05, 4.69) is 11.8 Å². The first-order chi connectivity index (χ1) is 7.61. The number of anilines is 1. The molecule has 0 radical (unpaired) electrons. The van der Waals surface area contributed by atoms with E-state index in [1.54, 1.807) is 12.1 Å². The molecule has 0 saturated carbocycles. The van der Waals surface area contributed by atoms with Crippen molar-refractivity contribution in [3.63, 3.8) is 0 Å². The second-order valence-electron chi connectivity index (χ2n) is 3.10. The van der Waals surface area contributed by atoms with E-state index in [-0.39, 0.29) is 10.7 Å². The number of halogens is 1. The first kappa shape index (κ1) is 12.6. The van der Waals surface area contributed by atoms with Crippen LogP contribution in [0.5, 0.6) is 0 Å². The van der Waals surface area contributed by atoms with Gasteiger partial charge in [-0.25, -0.2) is 4.39 Å². The van der Waals surface area contributed by atoms with Gasteiger partial charge in [-0.05, 0) is 12.1 Å². The Morgan fingerprint density at radius 1 is 1.56 bits per heavy atom. The summed E-state index contributed by atoms with van der Waals surface area (Å²) >= 11 is 1.21. The summed E-state index contributed by atoms with van der Waals surface area (Å²) in [7, 11) is 0. The second-order valence-corrected chi connectivity index (χ2v) is 4.37. The molecule has 4 heteroatoms. The van der Waals surface area contributed by atoms with Crippen LogP contribution in [0.1, 0.15) is 18.9 Å².